The van der Waals surface area contributed by atoms with Gasteiger partial charge in [0.15, 0.2) is 0 Å². The molecular weight excluding hydrogens is 214 g/mol. The van der Waals surface area contributed by atoms with Gasteiger partial charge in [-0.3, -0.25) is 0 Å². The molecule has 0 aliphatic heterocycles. The van der Waals surface area contributed by atoms with Gasteiger partial charge in [-0.1, -0.05) is 30.3 Å². The first kappa shape index (κ1) is 16.8. The maximum Gasteiger partial charge on any atom is 0.0556 e. The summed E-state index contributed by atoms with van der Waals surface area (Å²) >= 11 is 0. The van der Waals surface area contributed by atoms with Crippen LogP contribution in [0.5, 0.6) is 0 Å². The van der Waals surface area contributed by atoms with Gasteiger partial charge in [-0.05, 0) is 12.5 Å². The number of rotatable bonds is 4. The Morgan fingerprint density at radius 2 is 1.67 bits per heavy atom. The lowest BCUT2D eigenvalue weighted by Crippen LogP contribution is -2.17. The van der Waals surface area contributed by atoms with Crippen LogP contribution in [-0.2, 0) is 6.54 Å². The summed E-state index contributed by atoms with van der Waals surface area (Å²) < 4.78 is 0. The second-order valence-corrected chi connectivity index (χ2v) is 2.70. The minimum Gasteiger partial charge on any atom is -0.397 e. The summed E-state index contributed by atoms with van der Waals surface area (Å²) in [6.45, 7) is 3.63. The number of halogens is 1. The van der Waals surface area contributed by atoms with Crippen molar-refractivity contribution in [2.75, 3.05) is 19.8 Å². The van der Waals surface area contributed by atoms with E-state index in [2.05, 4.69) is 17.4 Å². The normalized spacial score (nSPS) is 8.47. The van der Waals surface area contributed by atoms with Gasteiger partial charge in [0.2, 0.25) is 0 Å². The minimum atomic E-state index is 0. The molecule has 4 heteroatoms. The Labute approximate surface area is 97.6 Å². The quantitative estimate of drug-likeness (QED) is 0.685. The Kier molecular flexibility index (Phi) is 15.0. The first-order chi connectivity index (χ1) is 6.85. The number of hydrogen-bond acceptors (Lipinski definition) is 3. The molecule has 1 rings (SSSR count). The molecule has 0 saturated heterocycles. The average molecular weight is 234 g/mol. The highest BCUT2D eigenvalue weighted by molar-refractivity contribution is 5.85. The first-order valence-corrected chi connectivity index (χ1v) is 4.81. The van der Waals surface area contributed by atoms with Gasteiger partial charge in [0.1, 0.15) is 0 Å². The molecule has 1 aromatic carbocycles. The van der Waals surface area contributed by atoms with Crippen molar-refractivity contribution in [2.24, 2.45) is 0 Å². The third-order valence-corrected chi connectivity index (χ3v) is 1.46. The van der Waals surface area contributed by atoms with E-state index in [1.807, 2.05) is 18.2 Å². The van der Waals surface area contributed by atoms with E-state index in [9.17, 15) is 0 Å². The van der Waals surface area contributed by atoms with Crippen LogP contribution in [0.2, 0.25) is 0 Å². The summed E-state index contributed by atoms with van der Waals surface area (Å²) in [4.78, 5) is 0. The topological polar surface area (TPSA) is 52.5 Å². The van der Waals surface area contributed by atoms with E-state index in [0.29, 0.717) is 6.54 Å². The van der Waals surface area contributed by atoms with Crippen LogP contribution in [0.4, 0.5) is 0 Å². The summed E-state index contributed by atoms with van der Waals surface area (Å²) in [6, 6.07) is 10.1. The average Bonchev–Trinajstić information content (AvgIpc) is 2.21. The molecule has 0 spiro atoms. The maximum atomic E-state index is 8.48. The molecule has 0 aliphatic carbocycles. The maximum absolute atomic E-state index is 8.48. The summed E-state index contributed by atoms with van der Waals surface area (Å²) in [5.74, 6) is 0. The Bertz CT molecular complexity index is 207. The second kappa shape index (κ2) is 13.4. The fraction of sp³-hybridized carbons (Fsp3) is 0.455. The summed E-state index contributed by atoms with van der Waals surface area (Å²) in [7, 11) is 0. The van der Waals surface area contributed by atoms with Crippen molar-refractivity contribution >= 4 is 12.4 Å². The lowest BCUT2D eigenvalue weighted by molar-refractivity contribution is 0.292. The third kappa shape index (κ3) is 11.3. The summed E-state index contributed by atoms with van der Waals surface area (Å²) in [5, 5.41) is 19.2. The minimum absolute atomic E-state index is 0. The molecule has 0 fully saturated rings. The van der Waals surface area contributed by atoms with Crippen molar-refractivity contribution in [1.82, 2.24) is 5.32 Å². The van der Waals surface area contributed by atoms with Crippen molar-refractivity contribution in [2.45, 2.75) is 13.5 Å². The molecule has 0 bridgehead atoms. The fourth-order valence-electron chi connectivity index (χ4n) is 0.908. The van der Waals surface area contributed by atoms with Gasteiger partial charge in [0.25, 0.3) is 0 Å². The Hall–Kier alpha value is -0.610. The molecule has 1 aromatic rings. The van der Waals surface area contributed by atoms with Crippen molar-refractivity contribution in [3.8, 4) is 0 Å². The molecule has 88 valence electrons. The molecule has 15 heavy (non-hydrogen) atoms. The van der Waals surface area contributed by atoms with E-state index in [0.717, 1.165) is 6.54 Å². The molecule has 0 atom stereocenters. The van der Waals surface area contributed by atoms with Crippen LogP contribution >= 0.6 is 12.4 Å². The van der Waals surface area contributed by atoms with Crippen LogP contribution in [0.15, 0.2) is 30.3 Å². The zero-order valence-electron chi connectivity index (χ0n) is 9.02. The third-order valence-electron chi connectivity index (χ3n) is 1.46. The zero-order chi connectivity index (χ0) is 10.6. The van der Waals surface area contributed by atoms with Crippen LogP contribution in [0.1, 0.15) is 12.5 Å². The van der Waals surface area contributed by atoms with E-state index in [1.54, 1.807) is 6.92 Å². The van der Waals surface area contributed by atoms with Gasteiger partial charge in [0.05, 0.1) is 6.61 Å². The van der Waals surface area contributed by atoms with Crippen molar-refractivity contribution in [3.05, 3.63) is 35.9 Å². The fourth-order valence-corrected chi connectivity index (χ4v) is 0.908. The lowest BCUT2D eigenvalue weighted by atomic mass is 10.2. The van der Waals surface area contributed by atoms with E-state index < -0.39 is 0 Å². The molecule has 0 saturated carbocycles. The number of nitrogens with one attached hydrogen (secondary N) is 1. The largest absolute Gasteiger partial charge is 0.397 e. The standard InChI is InChI=1S/C9H13NO.C2H6O.ClH/c11-7-6-10-8-9-4-2-1-3-5-9;1-2-3;/h1-5,10-11H,6-8H2;3H,2H2,1H3;1H. The molecule has 0 amide bonds. The molecular formula is C11H20ClNO2. The Morgan fingerprint density at radius 1 is 1.13 bits per heavy atom. The SMILES string of the molecule is CCO.Cl.OCCNCc1ccccc1. The molecule has 0 aliphatic rings. The molecule has 0 aromatic heterocycles. The van der Waals surface area contributed by atoms with E-state index in [-0.39, 0.29) is 25.6 Å². The van der Waals surface area contributed by atoms with Crippen LogP contribution < -0.4 is 5.32 Å². The molecule has 3 nitrogen and oxygen atoms in total. The number of hydrogen-bond donors (Lipinski definition) is 3. The zero-order valence-corrected chi connectivity index (χ0v) is 9.83. The summed E-state index contributed by atoms with van der Waals surface area (Å²) in [5.41, 5.74) is 1.25. The predicted octanol–water partition coefficient (Wildman–Crippen LogP) is 1.19. The highest BCUT2D eigenvalue weighted by atomic mass is 35.5. The highest BCUT2D eigenvalue weighted by Gasteiger charge is 1.87. The number of benzene rings is 1. The van der Waals surface area contributed by atoms with Crippen LogP contribution in [0, 0.1) is 0 Å². The van der Waals surface area contributed by atoms with E-state index in [1.165, 1.54) is 5.56 Å². The number of aliphatic hydroxyl groups excluding tert-OH is 2. The van der Waals surface area contributed by atoms with E-state index >= 15 is 0 Å². The molecule has 3 N–H and O–H groups in total. The molecule has 0 radical (unpaired) electrons. The second-order valence-electron chi connectivity index (χ2n) is 2.70. The molecule has 0 unspecified atom stereocenters. The van der Waals surface area contributed by atoms with Gasteiger partial charge in [0, 0.05) is 19.7 Å². The van der Waals surface area contributed by atoms with Crippen molar-refractivity contribution in [3.63, 3.8) is 0 Å². The van der Waals surface area contributed by atoms with E-state index in [4.69, 9.17) is 10.2 Å². The lowest BCUT2D eigenvalue weighted by Gasteiger charge is -2.01. The predicted molar refractivity (Wildman–Crippen MR) is 65.2 cm³/mol. The first-order valence-electron chi connectivity index (χ1n) is 4.81. The smallest absolute Gasteiger partial charge is 0.0556 e. The summed E-state index contributed by atoms with van der Waals surface area (Å²) in [6.07, 6.45) is 0. The highest BCUT2D eigenvalue weighted by Crippen LogP contribution is 1.96. The van der Waals surface area contributed by atoms with Gasteiger partial charge >= 0.3 is 0 Å². The van der Waals surface area contributed by atoms with Gasteiger partial charge in [-0.25, -0.2) is 0 Å². The van der Waals surface area contributed by atoms with Crippen LogP contribution in [-0.4, -0.2) is 30.0 Å². The van der Waals surface area contributed by atoms with Gasteiger partial charge < -0.3 is 15.5 Å². The number of aliphatic hydroxyl groups is 2. The van der Waals surface area contributed by atoms with Crippen LogP contribution in [0.3, 0.4) is 0 Å². The van der Waals surface area contributed by atoms with Crippen molar-refractivity contribution < 1.29 is 10.2 Å². The Balaban J connectivity index is 0. The van der Waals surface area contributed by atoms with Crippen LogP contribution in [0.25, 0.3) is 0 Å². The van der Waals surface area contributed by atoms with Gasteiger partial charge in [-0.2, -0.15) is 0 Å². The van der Waals surface area contributed by atoms with Crippen molar-refractivity contribution in [1.29, 1.82) is 0 Å². The Morgan fingerprint density at radius 3 is 2.13 bits per heavy atom. The molecule has 0 heterocycles. The van der Waals surface area contributed by atoms with Gasteiger partial charge in [-0.15, -0.1) is 12.4 Å². The monoisotopic (exact) mass is 233 g/mol.